The minimum absolute atomic E-state index is 0.216. The molecule has 20 heavy (non-hydrogen) atoms. The van der Waals surface area contributed by atoms with Crippen LogP contribution >= 0.6 is 0 Å². The molecule has 0 radical (unpaired) electrons. The summed E-state index contributed by atoms with van der Waals surface area (Å²) in [5.41, 5.74) is 6.05. The summed E-state index contributed by atoms with van der Waals surface area (Å²) in [6.07, 6.45) is 4.67. The van der Waals surface area contributed by atoms with Crippen molar-refractivity contribution in [3.8, 4) is 0 Å². The second-order valence-corrected chi connectivity index (χ2v) is 5.27. The zero-order valence-corrected chi connectivity index (χ0v) is 12.8. The number of hydrogen-bond acceptors (Lipinski definition) is 3. The van der Waals surface area contributed by atoms with E-state index in [2.05, 4.69) is 54.3 Å². The third-order valence-corrected chi connectivity index (χ3v) is 3.66. The Kier molecular flexibility index (Phi) is 4.85. The molecule has 106 valence electrons. The van der Waals surface area contributed by atoms with E-state index in [1.807, 2.05) is 19.3 Å². The maximum absolute atomic E-state index is 4.53. The fourth-order valence-corrected chi connectivity index (χ4v) is 2.49. The highest BCUT2D eigenvalue weighted by Gasteiger charge is 2.15. The molecule has 1 N–H and O–H groups in total. The minimum Gasteiger partial charge on any atom is -0.309 e. The van der Waals surface area contributed by atoms with Crippen molar-refractivity contribution in [1.29, 1.82) is 0 Å². The molecule has 1 aromatic carbocycles. The van der Waals surface area contributed by atoms with E-state index in [0.717, 1.165) is 24.4 Å². The van der Waals surface area contributed by atoms with E-state index in [-0.39, 0.29) is 6.04 Å². The fraction of sp³-hybridized carbons (Fsp3) is 0.412. The lowest BCUT2D eigenvalue weighted by Gasteiger charge is -2.20. The molecular weight excluding hydrogens is 246 g/mol. The number of aryl methyl sites for hydroxylation is 3. The van der Waals surface area contributed by atoms with E-state index in [0.29, 0.717) is 0 Å². The molecule has 0 saturated carbocycles. The second-order valence-electron chi connectivity index (χ2n) is 5.27. The van der Waals surface area contributed by atoms with E-state index in [1.165, 1.54) is 16.7 Å². The van der Waals surface area contributed by atoms with Crippen molar-refractivity contribution in [1.82, 2.24) is 15.3 Å². The zero-order valence-electron chi connectivity index (χ0n) is 12.8. The molecule has 0 fully saturated rings. The molecule has 3 heteroatoms. The highest BCUT2D eigenvalue weighted by Crippen LogP contribution is 2.21. The number of rotatable bonds is 5. The van der Waals surface area contributed by atoms with Gasteiger partial charge in [-0.1, -0.05) is 25.1 Å². The van der Waals surface area contributed by atoms with Gasteiger partial charge in [-0.25, -0.2) is 0 Å². The first-order valence-corrected chi connectivity index (χ1v) is 7.18. The summed E-state index contributed by atoms with van der Waals surface area (Å²) in [7, 11) is 0. The van der Waals surface area contributed by atoms with Gasteiger partial charge in [-0.2, -0.15) is 0 Å². The molecule has 0 aliphatic heterocycles. The van der Waals surface area contributed by atoms with Gasteiger partial charge in [-0.15, -0.1) is 0 Å². The highest BCUT2D eigenvalue weighted by molar-refractivity contribution is 5.34. The predicted octanol–water partition coefficient (Wildman–Crippen LogP) is 3.30. The van der Waals surface area contributed by atoms with E-state index in [9.17, 15) is 0 Å². The topological polar surface area (TPSA) is 37.8 Å². The third-order valence-electron chi connectivity index (χ3n) is 3.66. The molecule has 0 aliphatic rings. The Bertz CT molecular complexity index is 541. The standard InChI is InChI=1S/C17H23N3/c1-5-18-16(17-11-19-14(4)10-20-17)9-15-12(2)7-6-8-13(15)3/h6-8,10-11,16,18H,5,9H2,1-4H3. The Morgan fingerprint density at radius 3 is 2.30 bits per heavy atom. The van der Waals surface area contributed by atoms with Crippen LogP contribution in [0.15, 0.2) is 30.6 Å². The SMILES string of the molecule is CCNC(Cc1c(C)cccc1C)c1cnc(C)cn1. The summed E-state index contributed by atoms with van der Waals surface area (Å²) in [6.45, 7) is 9.35. The quantitative estimate of drug-likeness (QED) is 0.905. The summed E-state index contributed by atoms with van der Waals surface area (Å²) < 4.78 is 0. The molecule has 1 atom stereocenters. The molecule has 0 bridgehead atoms. The Morgan fingerprint density at radius 2 is 1.75 bits per heavy atom. The van der Waals surface area contributed by atoms with Gasteiger partial charge in [-0.05, 0) is 50.4 Å². The van der Waals surface area contributed by atoms with E-state index < -0.39 is 0 Å². The van der Waals surface area contributed by atoms with Gasteiger partial charge in [0, 0.05) is 6.20 Å². The van der Waals surface area contributed by atoms with Crippen LogP contribution in [0.4, 0.5) is 0 Å². The van der Waals surface area contributed by atoms with E-state index >= 15 is 0 Å². The Morgan fingerprint density at radius 1 is 1.05 bits per heavy atom. The lowest BCUT2D eigenvalue weighted by Crippen LogP contribution is -2.24. The summed E-state index contributed by atoms with van der Waals surface area (Å²) >= 11 is 0. The number of likely N-dealkylation sites (N-methyl/N-ethyl adjacent to an activating group) is 1. The number of nitrogens with one attached hydrogen (secondary N) is 1. The third kappa shape index (κ3) is 3.42. The van der Waals surface area contributed by atoms with Gasteiger partial charge in [0.15, 0.2) is 0 Å². The molecule has 2 aromatic rings. The van der Waals surface area contributed by atoms with Gasteiger partial charge in [0.25, 0.3) is 0 Å². The number of benzene rings is 1. The van der Waals surface area contributed by atoms with E-state index in [4.69, 9.17) is 0 Å². The Labute approximate surface area is 121 Å². The first kappa shape index (κ1) is 14.7. The van der Waals surface area contributed by atoms with Crippen molar-refractivity contribution in [2.45, 2.75) is 40.2 Å². The van der Waals surface area contributed by atoms with Gasteiger partial charge in [0.1, 0.15) is 0 Å². The second kappa shape index (κ2) is 6.62. The largest absolute Gasteiger partial charge is 0.309 e. The van der Waals surface area contributed by atoms with Crippen molar-refractivity contribution < 1.29 is 0 Å². The maximum Gasteiger partial charge on any atom is 0.0759 e. The molecular formula is C17H23N3. The molecule has 1 aromatic heterocycles. The van der Waals surface area contributed by atoms with Crippen molar-refractivity contribution in [3.63, 3.8) is 0 Å². The monoisotopic (exact) mass is 269 g/mol. The predicted molar refractivity (Wildman–Crippen MR) is 82.8 cm³/mol. The fourth-order valence-electron chi connectivity index (χ4n) is 2.49. The summed E-state index contributed by atoms with van der Waals surface area (Å²) in [4.78, 5) is 8.89. The van der Waals surface area contributed by atoms with Gasteiger partial charge < -0.3 is 5.32 Å². The smallest absolute Gasteiger partial charge is 0.0759 e. The molecule has 0 saturated heterocycles. The van der Waals surface area contributed by atoms with Gasteiger partial charge in [0.05, 0.1) is 23.6 Å². The van der Waals surface area contributed by atoms with Gasteiger partial charge in [-0.3, -0.25) is 9.97 Å². The first-order chi connectivity index (χ1) is 9.61. The van der Waals surface area contributed by atoms with Crippen LogP contribution in [-0.4, -0.2) is 16.5 Å². The van der Waals surface area contributed by atoms with Crippen LogP contribution in [-0.2, 0) is 6.42 Å². The molecule has 3 nitrogen and oxygen atoms in total. The molecule has 1 unspecified atom stereocenters. The van der Waals surface area contributed by atoms with Crippen LogP contribution in [0.5, 0.6) is 0 Å². The van der Waals surface area contributed by atoms with Crippen molar-refractivity contribution in [2.24, 2.45) is 0 Å². The molecule has 2 rings (SSSR count). The number of nitrogens with zero attached hydrogens (tertiary/aromatic N) is 2. The summed E-state index contributed by atoms with van der Waals surface area (Å²) in [5, 5.41) is 3.52. The van der Waals surface area contributed by atoms with Crippen LogP contribution in [0.25, 0.3) is 0 Å². The zero-order chi connectivity index (χ0) is 14.5. The van der Waals surface area contributed by atoms with Gasteiger partial charge in [0.2, 0.25) is 0 Å². The average Bonchev–Trinajstić information content (AvgIpc) is 2.43. The van der Waals surface area contributed by atoms with Crippen LogP contribution in [0.3, 0.4) is 0 Å². The van der Waals surface area contributed by atoms with Crippen LogP contribution in [0.1, 0.15) is 41.0 Å². The van der Waals surface area contributed by atoms with Crippen molar-refractivity contribution in [3.05, 3.63) is 58.7 Å². The normalized spacial score (nSPS) is 12.4. The maximum atomic E-state index is 4.53. The average molecular weight is 269 g/mol. The summed E-state index contributed by atoms with van der Waals surface area (Å²) in [6, 6.07) is 6.67. The lowest BCUT2D eigenvalue weighted by atomic mass is 9.95. The molecule has 0 amide bonds. The molecule has 0 aliphatic carbocycles. The van der Waals surface area contributed by atoms with Crippen LogP contribution in [0.2, 0.25) is 0 Å². The first-order valence-electron chi connectivity index (χ1n) is 7.18. The minimum atomic E-state index is 0.216. The number of aromatic nitrogens is 2. The number of hydrogen-bond donors (Lipinski definition) is 1. The van der Waals surface area contributed by atoms with Crippen molar-refractivity contribution >= 4 is 0 Å². The van der Waals surface area contributed by atoms with E-state index in [1.54, 1.807) is 0 Å². The highest BCUT2D eigenvalue weighted by atomic mass is 14.9. The molecule has 0 spiro atoms. The lowest BCUT2D eigenvalue weighted by molar-refractivity contribution is 0.532. The molecule has 1 heterocycles. The van der Waals surface area contributed by atoms with Gasteiger partial charge >= 0.3 is 0 Å². The van der Waals surface area contributed by atoms with Crippen LogP contribution in [0, 0.1) is 20.8 Å². The Balaban J connectivity index is 2.28. The van der Waals surface area contributed by atoms with Crippen LogP contribution < -0.4 is 5.32 Å². The Hall–Kier alpha value is -1.74. The summed E-state index contributed by atoms with van der Waals surface area (Å²) in [5.74, 6) is 0. The van der Waals surface area contributed by atoms with Crippen molar-refractivity contribution in [2.75, 3.05) is 6.54 Å².